The fourth-order valence-corrected chi connectivity index (χ4v) is 5.24. The van der Waals surface area contributed by atoms with Crippen LogP contribution in [-0.4, -0.2) is 57.0 Å². The number of benzene rings is 3. The fourth-order valence-electron chi connectivity index (χ4n) is 4.09. The van der Waals surface area contributed by atoms with E-state index < -0.39 is 6.36 Å². The zero-order valence-electron chi connectivity index (χ0n) is 22.4. The van der Waals surface area contributed by atoms with Crippen LogP contribution in [0.25, 0.3) is 17.1 Å². The first-order chi connectivity index (χ1) is 20.2. The number of hydrogen-bond acceptors (Lipinski definition) is 7. The van der Waals surface area contributed by atoms with Gasteiger partial charge in [0.05, 0.1) is 19.0 Å². The van der Waals surface area contributed by atoms with Crippen molar-refractivity contribution >= 4 is 46.2 Å². The molecule has 1 aliphatic rings. The Morgan fingerprint density at radius 1 is 1.07 bits per heavy atom. The van der Waals surface area contributed by atoms with Gasteiger partial charge in [0.1, 0.15) is 17.8 Å². The van der Waals surface area contributed by atoms with Crippen molar-refractivity contribution < 1.29 is 22.6 Å². The van der Waals surface area contributed by atoms with E-state index in [0.29, 0.717) is 11.5 Å². The van der Waals surface area contributed by atoms with Crippen LogP contribution < -0.4 is 19.8 Å². The van der Waals surface area contributed by atoms with Crippen molar-refractivity contribution in [1.82, 2.24) is 20.2 Å². The maximum absolute atomic E-state index is 12.4. The van der Waals surface area contributed by atoms with Gasteiger partial charge in [-0.15, -0.1) is 18.3 Å². The first-order valence-corrected chi connectivity index (χ1v) is 13.9. The number of thiocarbonyl (C=S) groups is 1. The lowest BCUT2D eigenvalue weighted by Crippen LogP contribution is -2.26. The standard InChI is InChI=1S/C28H24F3N7O2S2/c1-18-15-23(39-2)11-12-24(18)37-13-14-42-27(37)34-26(41)35-33-16-19-3-5-20(6-4-19)25-32-17-38(36-25)21-7-9-22(10-8-21)40-28(29,30)31/h3-12,15-17H,13-14H2,1-2H3,(H,35,41)/b33-16+,34-27?. The first-order valence-electron chi connectivity index (χ1n) is 12.5. The average Bonchev–Trinajstić information content (AvgIpc) is 3.63. The SMILES string of the molecule is COc1ccc(N2CCSC2=NC(=S)N/N=C/c2ccc(-c3ncn(-c4ccc(OC(F)(F)F)cc4)n3)cc2)c(C)c1. The number of aromatic nitrogens is 3. The molecule has 0 radical (unpaired) electrons. The van der Waals surface area contributed by atoms with E-state index >= 15 is 0 Å². The number of anilines is 1. The Labute approximate surface area is 249 Å². The molecule has 0 amide bonds. The molecule has 2 heterocycles. The van der Waals surface area contributed by atoms with Gasteiger partial charge in [-0.25, -0.2) is 9.67 Å². The highest BCUT2D eigenvalue weighted by atomic mass is 32.2. The second-order valence-corrected chi connectivity index (χ2v) is 10.3. The highest BCUT2D eigenvalue weighted by molar-refractivity contribution is 8.14. The predicted octanol–water partition coefficient (Wildman–Crippen LogP) is 5.97. The van der Waals surface area contributed by atoms with Gasteiger partial charge in [0.25, 0.3) is 0 Å². The molecule has 4 aromatic rings. The van der Waals surface area contributed by atoms with Crippen molar-refractivity contribution in [1.29, 1.82) is 0 Å². The summed E-state index contributed by atoms with van der Waals surface area (Å²) in [5, 5.41) is 9.68. The summed E-state index contributed by atoms with van der Waals surface area (Å²) in [6.45, 7) is 2.86. The zero-order valence-corrected chi connectivity index (χ0v) is 24.0. The Kier molecular flexibility index (Phi) is 8.73. The third kappa shape index (κ3) is 7.25. The third-order valence-electron chi connectivity index (χ3n) is 6.04. The second kappa shape index (κ2) is 12.6. The number of rotatable bonds is 7. The van der Waals surface area contributed by atoms with Crippen LogP contribution in [0.15, 0.2) is 83.2 Å². The molecule has 42 heavy (non-hydrogen) atoms. The molecule has 14 heteroatoms. The molecule has 9 nitrogen and oxygen atoms in total. The molecule has 216 valence electrons. The van der Waals surface area contributed by atoms with Crippen LogP contribution in [0.2, 0.25) is 0 Å². The van der Waals surface area contributed by atoms with Crippen LogP contribution in [0.5, 0.6) is 11.5 Å². The van der Waals surface area contributed by atoms with Crippen LogP contribution in [0, 0.1) is 6.92 Å². The van der Waals surface area contributed by atoms with E-state index in [1.54, 1.807) is 25.1 Å². The summed E-state index contributed by atoms with van der Waals surface area (Å²) in [5.74, 6) is 1.85. The lowest BCUT2D eigenvalue weighted by Gasteiger charge is -2.20. The Bertz CT molecular complexity index is 1620. The number of ether oxygens (including phenoxy) is 2. The monoisotopic (exact) mass is 611 g/mol. The molecule has 1 N–H and O–H groups in total. The number of amidine groups is 1. The Morgan fingerprint density at radius 3 is 2.50 bits per heavy atom. The smallest absolute Gasteiger partial charge is 0.497 e. The van der Waals surface area contributed by atoms with E-state index in [0.717, 1.165) is 45.6 Å². The van der Waals surface area contributed by atoms with Crippen molar-refractivity contribution in [2.45, 2.75) is 13.3 Å². The molecule has 1 saturated heterocycles. The second-order valence-electron chi connectivity index (χ2n) is 8.90. The number of alkyl halides is 3. The van der Waals surface area contributed by atoms with Gasteiger partial charge in [0.2, 0.25) is 5.11 Å². The van der Waals surface area contributed by atoms with Gasteiger partial charge in [0.15, 0.2) is 11.0 Å². The molecular formula is C28H24F3N7O2S2. The number of hydrogen-bond donors (Lipinski definition) is 1. The number of nitrogens with one attached hydrogen (secondary N) is 1. The van der Waals surface area contributed by atoms with E-state index in [1.807, 2.05) is 49.4 Å². The maximum Gasteiger partial charge on any atom is 0.573 e. The molecule has 0 unspecified atom stereocenters. The highest BCUT2D eigenvalue weighted by Crippen LogP contribution is 2.31. The van der Waals surface area contributed by atoms with Gasteiger partial charge >= 0.3 is 6.36 Å². The number of thioether (sulfide) groups is 1. The van der Waals surface area contributed by atoms with E-state index in [1.165, 1.54) is 35.3 Å². The summed E-state index contributed by atoms with van der Waals surface area (Å²) in [4.78, 5) is 11.0. The van der Waals surface area contributed by atoms with E-state index in [2.05, 4.69) is 35.2 Å². The number of nitrogens with zero attached hydrogens (tertiary/aromatic N) is 6. The number of halogens is 3. The molecule has 5 rings (SSSR count). The number of aryl methyl sites for hydroxylation is 1. The minimum atomic E-state index is -4.75. The molecule has 0 atom stereocenters. The lowest BCUT2D eigenvalue weighted by atomic mass is 10.1. The topological polar surface area (TPSA) is 89.2 Å². The molecule has 1 fully saturated rings. The zero-order chi connectivity index (χ0) is 29.7. The highest BCUT2D eigenvalue weighted by Gasteiger charge is 2.31. The summed E-state index contributed by atoms with van der Waals surface area (Å²) in [6.07, 6.45) is -1.64. The van der Waals surface area contributed by atoms with E-state index in [-0.39, 0.29) is 10.9 Å². The average molecular weight is 612 g/mol. The maximum atomic E-state index is 12.4. The van der Waals surface area contributed by atoms with Gasteiger partial charge in [-0.05, 0) is 72.7 Å². The van der Waals surface area contributed by atoms with E-state index in [9.17, 15) is 13.2 Å². The molecule has 0 aliphatic carbocycles. The van der Waals surface area contributed by atoms with Crippen LogP contribution >= 0.6 is 24.0 Å². The molecule has 3 aromatic carbocycles. The minimum Gasteiger partial charge on any atom is -0.497 e. The summed E-state index contributed by atoms with van der Waals surface area (Å²) < 4.78 is 47.8. The van der Waals surface area contributed by atoms with Crippen molar-refractivity contribution in [3.63, 3.8) is 0 Å². The third-order valence-corrected chi connectivity index (χ3v) is 7.18. The van der Waals surface area contributed by atoms with Crippen molar-refractivity contribution in [2.75, 3.05) is 24.3 Å². The normalized spacial score (nSPS) is 14.5. The number of methoxy groups -OCH3 is 1. The molecule has 1 aliphatic heterocycles. The largest absolute Gasteiger partial charge is 0.573 e. The molecule has 0 saturated carbocycles. The molecule has 0 spiro atoms. The van der Waals surface area contributed by atoms with E-state index in [4.69, 9.17) is 17.0 Å². The van der Waals surface area contributed by atoms with Gasteiger partial charge < -0.3 is 14.4 Å². The van der Waals surface area contributed by atoms with Gasteiger partial charge in [-0.3, -0.25) is 5.43 Å². The van der Waals surface area contributed by atoms with Crippen molar-refractivity contribution in [3.05, 3.63) is 84.2 Å². The van der Waals surface area contributed by atoms with Gasteiger partial charge in [0, 0.05) is 23.5 Å². The van der Waals surface area contributed by atoms with Crippen molar-refractivity contribution in [3.8, 4) is 28.6 Å². The molecule has 0 bridgehead atoms. The van der Waals surface area contributed by atoms with Crippen molar-refractivity contribution in [2.24, 2.45) is 10.1 Å². The van der Waals surface area contributed by atoms with Crippen LogP contribution in [0.3, 0.4) is 0 Å². The van der Waals surface area contributed by atoms with Gasteiger partial charge in [-0.1, -0.05) is 36.0 Å². The fraction of sp³-hybridized carbons (Fsp3) is 0.179. The number of aliphatic imine (C=N–C) groups is 1. The Balaban J connectivity index is 1.18. The lowest BCUT2D eigenvalue weighted by molar-refractivity contribution is -0.274. The first kappa shape index (κ1) is 29.1. The molecular weight excluding hydrogens is 587 g/mol. The Hall–Kier alpha value is -4.43. The predicted molar refractivity (Wildman–Crippen MR) is 162 cm³/mol. The summed E-state index contributed by atoms with van der Waals surface area (Å²) in [5.41, 5.74) is 7.04. The Morgan fingerprint density at radius 2 is 1.81 bits per heavy atom. The summed E-state index contributed by atoms with van der Waals surface area (Å²) >= 11 is 7.02. The number of hydrazone groups is 1. The van der Waals surface area contributed by atoms with Crippen LogP contribution in [0.4, 0.5) is 18.9 Å². The summed E-state index contributed by atoms with van der Waals surface area (Å²) in [6, 6.07) is 18.7. The quantitative estimate of drug-likeness (QED) is 0.155. The minimum absolute atomic E-state index is 0.246. The van der Waals surface area contributed by atoms with Crippen LogP contribution in [-0.2, 0) is 0 Å². The molecule has 1 aromatic heterocycles. The van der Waals surface area contributed by atoms with Gasteiger partial charge in [-0.2, -0.15) is 10.1 Å². The van der Waals surface area contributed by atoms with Crippen LogP contribution in [0.1, 0.15) is 11.1 Å². The summed E-state index contributed by atoms with van der Waals surface area (Å²) in [7, 11) is 1.65.